The first kappa shape index (κ1) is 26.9. The highest BCUT2D eigenvalue weighted by Gasteiger charge is 2.37. The number of anilines is 2. The van der Waals surface area contributed by atoms with Crippen LogP contribution in [0.1, 0.15) is 17.9 Å². The molecule has 0 radical (unpaired) electrons. The van der Waals surface area contributed by atoms with E-state index in [9.17, 15) is 18.8 Å². The van der Waals surface area contributed by atoms with Crippen LogP contribution in [-0.2, 0) is 10.0 Å². The number of nitriles is 1. The maximum atomic E-state index is 13.7. The van der Waals surface area contributed by atoms with E-state index in [4.69, 9.17) is 13.9 Å². The number of aryl methyl sites for hydroxylation is 1. The van der Waals surface area contributed by atoms with E-state index in [2.05, 4.69) is 24.9 Å². The third kappa shape index (κ3) is 5.14. The molecule has 1 saturated heterocycles. The van der Waals surface area contributed by atoms with Gasteiger partial charge in [-0.1, -0.05) is 6.07 Å². The third-order valence-corrected chi connectivity index (χ3v) is 8.06. The van der Waals surface area contributed by atoms with Gasteiger partial charge in [0.25, 0.3) is 0 Å². The zero-order valence-electron chi connectivity index (χ0n) is 21.8. The van der Waals surface area contributed by atoms with Gasteiger partial charge in [-0.15, -0.1) is 10.2 Å². The molecule has 3 aromatic heterocycles. The smallest absolute Gasteiger partial charge is 0.243 e. The molecule has 0 saturated carbocycles. The Hall–Kier alpha value is -4.68. The van der Waals surface area contributed by atoms with Crippen molar-refractivity contribution in [1.29, 1.82) is 5.26 Å². The lowest BCUT2D eigenvalue weighted by Gasteiger charge is -2.35. The first-order valence-electron chi connectivity index (χ1n) is 12.1. The van der Waals surface area contributed by atoms with Crippen LogP contribution >= 0.6 is 0 Å². The summed E-state index contributed by atoms with van der Waals surface area (Å²) in [5.74, 6) is 2.08. The van der Waals surface area contributed by atoms with Crippen molar-refractivity contribution >= 4 is 21.8 Å². The molecule has 2 N–H and O–H groups in total. The molecule has 4 heterocycles. The van der Waals surface area contributed by atoms with Crippen LogP contribution in [-0.4, -0.2) is 76.9 Å². The molecule has 1 aliphatic rings. The SMILES string of the molecule is COc1cccc(OC)c1-n1c(NS(=O)(=O)[C@H]2C[C@@H](O)CN(c3cncc(C#N)n3)C2)nnc1-c1ccc(C)o1. The van der Waals surface area contributed by atoms with E-state index in [1.807, 2.05) is 6.07 Å². The van der Waals surface area contributed by atoms with Gasteiger partial charge in [-0.05, 0) is 37.6 Å². The van der Waals surface area contributed by atoms with Crippen molar-refractivity contribution in [3.63, 3.8) is 0 Å². The quantitative estimate of drug-likeness (QED) is 0.316. The average Bonchev–Trinajstić information content (AvgIpc) is 3.57. The Bertz CT molecular complexity index is 1660. The fraction of sp³-hybridized carbons (Fsp3) is 0.320. The van der Waals surface area contributed by atoms with Crippen molar-refractivity contribution in [3.8, 4) is 34.8 Å². The van der Waals surface area contributed by atoms with Gasteiger partial charge < -0.3 is 23.9 Å². The lowest BCUT2D eigenvalue weighted by molar-refractivity contribution is 0.155. The van der Waals surface area contributed by atoms with Gasteiger partial charge in [0, 0.05) is 13.1 Å². The van der Waals surface area contributed by atoms with E-state index < -0.39 is 21.4 Å². The number of hydrogen-bond donors (Lipinski definition) is 2. The predicted octanol–water partition coefficient (Wildman–Crippen LogP) is 1.90. The Labute approximate surface area is 229 Å². The lowest BCUT2D eigenvalue weighted by atomic mass is 10.1. The number of furan rings is 1. The van der Waals surface area contributed by atoms with Crippen LogP contribution < -0.4 is 19.1 Å². The van der Waals surface area contributed by atoms with Crippen molar-refractivity contribution in [2.45, 2.75) is 24.7 Å². The highest BCUT2D eigenvalue weighted by atomic mass is 32.2. The number of methoxy groups -OCH3 is 2. The van der Waals surface area contributed by atoms with Crippen molar-refractivity contribution in [2.75, 3.05) is 36.9 Å². The lowest BCUT2D eigenvalue weighted by Crippen LogP contribution is -2.50. The molecule has 0 bridgehead atoms. The number of nitrogens with one attached hydrogen (secondary N) is 1. The highest BCUT2D eigenvalue weighted by Crippen LogP contribution is 2.38. The number of aliphatic hydroxyl groups is 1. The number of aromatic nitrogens is 5. The summed E-state index contributed by atoms with van der Waals surface area (Å²) in [5, 5.41) is 27.0. The summed E-state index contributed by atoms with van der Waals surface area (Å²) in [6.07, 6.45) is 1.71. The summed E-state index contributed by atoms with van der Waals surface area (Å²) >= 11 is 0. The van der Waals surface area contributed by atoms with Crippen LogP contribution in [0.15, 0.2) is 47.1 Å². The fourth-order valence-electron chi connectivity index (χ4n) is 4.54. The largest absolute Gasteiger partial charge is 0.494 e. The zero-order valence-corrected chi connectivity index (χ0v) is 22.7. The molecule has 2 atom stereocenters. The van der Waals surface area contributed by atoms with Gasteiger partial charge in [0.2, 0.25) is 21.8 Å². The van der Waals surface area contributed by atoms with E-state index in [0.717, 1.165) is 0 Å². The number of piperidine rings is 1. The summed E-state index contributed by atoms with van der Waals surface area (Å²) in [6, 6.07) is 10.5. The third-order valence-electron chi connectivity index (χ3n) is 6.37. The van der Waals surface area contributed by atoms with Crippen molar-refractivity contribution in [2.24, 2.45) is 0 Å². The molecular weight excluding hydrogens is 540 g/mol. The minimum atomic E-state index is -4.16. The second-order valence-corrected chi connectivity index (χ2v) is 11.0. The van der Waals surface area contributed by atoms with Gasteiger partial charge >= 0.3 is 0 Å². The second-order valence-electron chi connectivity index (χ2n) is 9.04. The van der Waals surface area contributed by atoms with E-state index in [1.165, 1.54) is 31.2 Å². The Morgan fingerprint density at radius 2 is 1.88 bits per heavy atom. The fourth-order valence-corrected chi connectivity index (χ4v) is 5.95. The molecule has 208 valence electrons. The number of aliphatic hydroxyl groups excluding tert-OH is 1. The van der Waals surface area contributed by atoms with Crippen LogP contribution in [0.25, 0.3) is 17.3 Å². The monoisotopic (exact) mass is 566 g/mol. The minimum absolute atomic E-state index is 0.00763. The molecule has 15 heteroatoms. The molecule has 1 fully saturated rings. The van der Waals surface area contributed by atoms with Crippen molar-refractivity contribution < 1.29 is 27.4 Å². The molecule has 14 nitrogen and oxygen atoms in total. The Morgan fingerprint density at radius 1 is 1.12 bits per heavy atom. The first-order valence-corrected chi connectivity index (χ1v) is 13.7. The van der Waals surface area contributed by atoms with Crippen LogP contribution in [0.2, 0.25) is 0 Å². The van der Waals surface area contributed by atoms with E-state index in [1.54, 1.807) is 42.2 Å². The molecule has 0 spiro atoms. The molecule has 0 amide bonds. The van der Waals surface area contributed by atoms with Gasteiger partial charge in [-0.2, -0.15) is 5.26 Å². The van der Waals surface area contributed by atoms with E-state index >= 15 is 0 Å². The van der Waals surface area contributed by atoms with Gasteiger partial charge in [0.1, 0.15) is 40.1 Å². The molecule has 0 unspecified atom stereocenters. The van der Waals surface area contributed by atoms with Crippen LogP contribution in [0.5, 0.6) is 11.5 Å². The Kier molecular flexibility index (Phi) is 7.28. The number of ether oxygens (including phenoxy) is 2. The van der Waals surface area contributed by atoms with E-state index in [-0.39, 0.29) is 42.8 Å². The van der Waals surface area contributed by atoms with Crippen molar-refractivity contribution in [3.05, 3.63) is 54.2 Å². The first-order chi connectivity index (χ1) is 19.2. The number of rotatable bonds is 8. The number of β-amino-alcohol motifs (C(OH)–C–C–N with tert-alkyl or cyclic N) is 1. The average molecular weight is 567 g/mol. The molecular formula is C25H26N8O6S. The molecule has 40 heavy (non-hydrogen) atoms. The van der Waals surface area contributed by atoms with E-state index in [0.29, 0.717) is 28.7 Å². The summed E-state index contributed by atoms with van der Waals surface area (Å²) in [7, 11) is -1.20. The Balaban J connectivity index is 1.55. The summed E-state index contributed by atoms with van der Waals surface area (Å²) < 4.78 is 48.4. The highest BCUT2D eigenvalue weighted by molar-refractivity contribution is 7.93. The maximum absolute atomic E-state index is 13.7. The topological polar surface area (TPSA) is 182 Å². The number of para-hydroxylation sites is 1. The number of hydrogen-bond acceptors (Lipinski definition) is 12. The van der Waals surface area contributed by atoms with Gasteiger partial charge in [0.05, 0.1) is 32.7 Å². The molecule has 1 aliphatic heterocycles. The number of benzene rings is 1. The van der Waals surface area contributed by atoms with Crippen LogP contribution in [0, 0.1) is 18.3 Å². The summed E-state index contributed by atoms with van der Waals surface area (Å²) in [6.45, 7) is 1.90. The number of nitrogens with zero attached hydrogens (tertiary/aromatic N) is 7. The zero-order chi connectivity index (χ0) is 28.4. The van der Waals surface area contributed by atoms with Gasteiger partial charge in [-0.25, -0.2) is 13.4 Å². The summed E-state index contributed by atoms with van der Waals surface area (Å²) in [4.78, 5) is 9.77. The summed E-state index contributed by atoms with van der Waals surface area (Å²) in [5.41, 5.74) is 0.433. The van der Waals surface area contributed by atoms with Crippen molar-refractivity contribution in [1.82, 2.24) is 24.7 Å². The maximum Gasteiger partial charge on any atom is 0.243 e. The standard InChI is InChI=1S/C25H26N8O6S/c1-15-7-8-21(39-15)24-29-30-25(33(24)23-19(37-2)5-4-6-20(23)38-3)31-40(35,36)18-9-17(34)13-32(14-18)22-12-27-11-16(10-26)28-22/h4-8,11-12,17-18,34H,9,13-14H2,1-3H3,(H,30,31)/t17-,18+/m1/s1. The molecule has 4 aromatic rings. The van der Waals surface area contributed by atoms with Crippen LogP contribution in [0.3, 0.4) is 0 Å². The Morgan fingerprint density at radius 3 is 2.52 bits per heavy atom. The molecule has 0 aliphatic carbocycles. The van der Waals surface area contributed by atoms with Crippen LogP contribution in [0.4, 0.5) is 11.8 Å². The molecule has 5 rings (SSSR count). The second kappa shape index (κ2) is 10.8. The van der Waals surface area contributed by atoms with Gasteiger partial charge in [0.15, 0.2) is 11.5 Å². The van der Waals surface area contributed by atoms with Gasteiger partial charge in [-0.3, -0.25) is 14.3 Å². The predicted molar refractivity (Wildman–Crippen MR) is 143 cm³/mol. The molecule has 1 aromatic carbocycles. The normalized spacial score (nSPS) is 17.3. The number of sulfonamides is 1. The minimum Gasteiger partial charge on any atom is -0.494 e.